The topological polar surface area (TPSA) is 25.8 Å². The van der Waals surface area contributed by atoms with Crippen LogP contribution in [0, 0.1) is 0 Å². The smallest absolute Gasteiger partial charge is 0.129 e. The van der Waals surface area contributed by atoms with Crippen LogP contribution in [-0.2, 0) is 0 Å². The third-order valence-electron chi connectivity index (χ3n) is 1.71. The molecule has 2 nitrogen and oxygen atoms in total. The first-order chi connectivity index (χ1) is 4.88. The average molecular weight is 156 g/mol. The quantitative estimate of drug-likeness (QED) is 0.671. The van der Waals surface area contributed by atoms with Crippen LogP contribution in [-0.4, -0.2) is 9.36 Å². The highest BCUT2D eigenvalue weighted by molar-refractivity contribution is 7.05. The molecule has 0 saturated carbocycles. The van der Waals surface area contributed by atoms with E-state index >= 15 is 0 Å². The number of nitrogens with zero attached hydrogens (tertiary/aromatic N) is 2. The zero-order chi connectivity index (χ0) is 7.40. The van der Waals surface area contributed by atoms with E-state index in [1.165, 1.54) is 29.4 Å². The summed E-state index contributed by atoms with van der Waals surface area (Å²) in [6.45, 7) is 4.38. The van der Waals surface area contributed by atoms with E-state index in [-0.39, 0.29) is 0 Å². The van der Waals surface area contributed by atoms with Gasteiger partial charge in [-0.1, -0.05) is 13.8 Å². The van der Waals surface area contributed by atoms with E-state index in [4.69, 9.17) is 0 Å². The van der Waals surface area contributed by atoms with Crippen molar-refractivity contribution in [1.82, 2.24) is 9.36 Å². The second kappa shape index (κ2) is 3.66. The number of hydrogen-bond acceptors (Lipinski definition) is 3. The first kappa shape index (κ1) is 7.66. The van der Waals surface area contributed by atoms with Gasteiger partial charge in [0, 0.05) is 5.92 Å². The SMILES string of the molecule is CCC(CC)c1ncns1. The van der Waals surface area contributed by atoms with Crippen LogP contribution in [0.15, 0.2) is 6.33 Å². The van der Waals surface area contributed by atoms with Crippen LogP contribution in [0.3, 0.4) is 0 Å². The van der Waals surface area contributed by atoms with E-state index in [0.717, 1.165) is 0 Å². The lowest BCUT2D eigenvalue weighted by Crippen LogP contribution is -1.92. The van der Waals surface area contributed by atoms with Crippen molar-refractivity contribution in [1.29, 1.82) is 0 Å². The Kier molecular flexibility index (Phi) is 2.81. The van der Waals surface area contributed by atoms with Crippen LogP contribution < -0.4 is 0 Å². The fourth-order valence-corrected chi connectivity index (χ4v) is 1.78. The van der Waals surface area contributed by atoms with Gasteiger partial charge in [0.15, 0.2) is 0 Å². The minimum absolute atomic E-state index is 0.632. The zero-order valence-electron chi connectivity index (χ0n) is 6.37. The number of aromatic nitrogens is 2. The van der Waals surface area contributed by atoms with Crippen molar-refractivity contribution in [3.63, 3.8) is 0 Å². The van der Waals surface area contributed by atoms with E-state index in [1.807, 2.05) is 0 Å². The number of hydrogen-bond donors (Lipinski definition) is 0. The molecule has 10 heavy (non-hydrogen) atoms. The predicted molar refractivity (Wildman–Crippen MR) is 43.2 cm³/mol. The highest BCUT2D eigenvalue weighted by atomic mass is 32.1. The normalized spacial score (nSPS) is 10.7. The third-order valence-corrected chi connectivity index (χ3v) is 2.54. The van der Waals surface area contributed by atoms with Gasteiger partial charge in [0.05, 0.1) is 0 Å². The van der Waals surface area contributed by atoms with Crippen LogP contribution in [0.5, 0.6) is 0 Å². The van der Waals surface area contributed by atoms with Gasteiger partial charge < -0.3 is 0 Å². The largest absolute Gasteiger partial charge is 0.228 e. The number of rotatable bonds is 3. The van der Waals surface area contributed by atoms with Gasteiger partial charge in [-0.3, -0.25) is 0 Å². The van der Waals surface area contributed by atoms with Gasteiger partial charge in [-0.25, -0.2) is 4.98 Å². The van der Waals surface area contributed by atoms with Crippen LogP contribution in [0.2, 0.25) is 0 Å². The van der Waals surface area contributed by atoms with Gasteiger partial charge in [-0.2, -0.15) is 4.37 Å². The molecule has 1 aromatic heterocycles. The highest BCUT2D eigenvalue weighted by Crippen LogP contribution is 2.22. The standard InChI is InChI=1S/C7H12N2S/c1-3-6(4-2)7-8-5-9-10-7/h5-6H,3-4H2,1-2H3. The maximum atomic E-state index is 4.17. The molecule has 0 fully saturated rings. The maximum absolute atomic E-state index is 4.17. The summed E-state index contributed by atoms with van der Waals surface area (Å²) in [5.41, 5.74) is 0. The summed E-state index contributed by atoms with van der Waals surface area (Å²) in [5.74, 6) is 0.632. The van der Waals surface area contributed by atoms with Gasteiger partial charge in [-0.05, 0) is 24.4 Å². The molecule has 56 valence electrons. The van der Waals surface area contributed by atoms with Crippen LogP contribution in [0.25, 0.3) is 0 Å². The monoisotopic (exact) mass is 156 g/mol. The van der Waals surface area contributed by atoms with Crippen molar-refractivity contribution in [2.24, 2.45) is 0 Å². The molecule has 1 rings (SSSR count). The van der Waals surface area contributed by atoms with Crippen LogP contribution >= 0.6 is 11.5 Å². The molecule has 1 heterocycles. The van der Waals surface area contributed by atoms with Crippen molar-refractivity contribution >= 4 is 11.5 Å². The van der Waals surface area contributed by atoms with Crippen molar-refractivity contribution in [2.75, 3.05) is 0 Å². The van der Waals surface area contributed by atoms with Crippen LogP contribution in [0.4, 0.5) is 0 Å². The minimum atomic E-state index is 0.632. The first-order valence-electron chi connectivity index (χ1n) is 3.65. The molecule has 0 bridgehead atoms. The van der Waals surface area contributed by atoms with E-state index in [2.05, 4.69) is 23.2 Å². The van der Waals surface area contributed by atoms with E-state index < -0.39 is 0 Å². The summed E-state index contributed by atoms with van der Waals surface area (Å²) in [6.07, 6.45) is 3.98. The van der Waals surface area contributed by atoms with Gasteiger partial charge in [-0.15, -0.1) is 0 Å². The second-order valence-electron chi connectivity index (χ2n) is 2.29. The molecule has 0 aliphatic rings. The molecular formula is C7H12N2S. The highest BCUT2D eigenvalue weighted by Gasteiger charge is 2.08. The Bertz CT molecular complexity index is 168. The summed E-state index contributed by atoms with van der Waals surface area (Å²) in [4.78, 5) is 4.17. The average Bonchev–Trinajstić information content (AvgIpc) is 2.43. The maximum Gasteiger partial charge on any atom is 0.129 e. The molecule has 0 amide bonds. The molecule has 0 saturated heterocycles. The summed E-state index contributed by atoms with van der Waals surface area (Å²) in [5, 5.41) is 1.19. The fourth-order valence-electron chi connectivity index (χ4n) is 0.999. The Morgan fingerprint density at radius 2 is 2.20 bits per heavy atom. The van der Waals surface area contributed by atoms with Crippen molar-refractivity contribution < 1.29 is 0 Å². The van der Waals surface area contributed by atoms with E-state index in [1.54, 1.807) is 6.33 Å². The lowest BCUT2D eigenvalue weighted by atomic mass is 10.1. The molecule has 1 aromatic rings. The van der Waals surface area contributed by atoms with E-state index in [0.29, 0.717) is 5.92 Å². The molecule has 0 atom stereocenters. The Hall–Kier alpha value is -0.440. The van der Waals surface area contributed by atoms with Crippen molar-refractivity contribution in [2.45, 2.75) is 32.6 Å². The predicted octanol–water partition coefficient (Wildman–Crippen LogP) is 2.44. The van der Waals surface area contributed by atoms with Gasteiger partial charge in [0.25, 0.3) is 0 Å². The molecule has 3 heteroatoms. The van der Waals surface area contributed by atoms with Gasteiger partial charge in [0.1, 0.15) is 11.3 Å². The molecule has 0 N–H and O–H groups in total. The Morgan fingerprint density at radius 3 is 2.60 bits per heavy atom. The van der Waals surface area contributed by atoms with E-state index in [9.17, 15) is 0 Å². The molecule has 0 spiro atoms. The summed E-state index contributed by atoms with van der Waals surface area (Å²) in [6, 6.07) is 0. The Balaban J connectivity index is 2.64. The summed E-state index contributed by atoms with van der Waals surface area (Å²) in [7, 11) is 0. The Labute approximate surface area is 65.5 Å². The molecule has 0 unspecified atom stereocenters. The van der Waals surface area contributed by atoms with Crippen molar-refractivity contribution in [3.8, 4) is 0 Å². The first-order valence-corrected chi connectivity index (χ1v) is 4.42. The van der Waals surface area contributed by atoms with Crippen LogP contribution in [0.1, 0.15) is 37.6 Å². The lowest BCUT2D eigenvalue weighted by molar-refractivity contribution is 0.637. The zero-order valence-corrected chi connectivity index (χ0v) is 7.19. The molecule has 0 aliphatic carbocycles. The third kappa shape index (κ3) is 1.53. The van der Waals surface area contributed by atoms with Gasteiger partial charge in [0.2, 0.25) is 0 Å². The lowest BCUT2D eigenvalue weighted by Gasteiger charge is -2.05. The molecule has 0 aliphatic heterocycles. The second-order valence-corrected chi connectivity index (χ2v) is 3.10. The summed E-state index contributed by atoms with van der Waals surface area (Å²) >= 11 is 1.52. The Morgan fingerprint density at radius 1 is 1.50 bits per heavy atom. The molecule has 0 radical (unpaired) electrons. The minimum Gasteiger partial charge on any atom is -0.228 e. The molecular weight excluding hydrogens is 144 g/mol. The van der Waals surface area contributed by atoms with Crippen molar-refractivity contribution in [3.05, 3.63) is 11.3 Å². The summed E-state index contributed by atoms with van der Waals surface area (Å²) < 4.78 is 3.97. The molecule has 0 aromatic carbocycles. The van der Waals surface area contributed by atoms with Gasteiger partial charge >= 0.3 is 0 Å². The fraction of sp³-hybridized carbons (Fsp3) is 0.714.